The minimum absolute atomic E-state index is 0.143. The fourth-order valence-electron chi connectivity index (χ4n) is 2.80. The molecular formula is C15H15N3O4S. The van der Waals surface area contributed by atoms with Crippen LogP contribution in [0.25, 0.3) is 0 Å². The first-order chi connectivity index (χ1) is 10.9. The standard InChI is InChI=1S/C15H15N3O4S/c16-23(21,22)15-6-5-12(18(19)20)8-14(15)17-9-11-7-10-3-1-2-4-13(10)11/h1-6,8,11,17H,7,9H2,(H2,16,21,22)/t11-/m1/s1. The number of sulfonamides is 1. The van der Waals surface area contributed by atoms with Gasteiger partial charge in [-0.15, -0.1) is 0 Å². The van der Waals surface area contributed by atoms with Gasteiger partial charge in [0.25, 0.3) is 5.69 Å². The van der Waals surface area contributed by atoms with Crippen LogP contribution in [-0.2, 0) is 16.4 Å². The molecule has 0 radical (unpaired) electrons. The first kappa shape index (κ1) is 15.4. The zero-order chi connectivity index (χ0) is 16.6. The Morgan fingerprint density at radius 1 is 1.26 bits per heavy atom. The van der Waals surface area contributed by atoms with E-state index in [-0.39, 0.29) is 22.2 Å². The van der Waals surface area contributed by atoms with E-state index < -0.39 is 14.9 Å². The highest BCUT2D eigenvalue weighted by atomic mass is 32.2. The van der Waals surface area contributed by atoms with Gasteiger partial charge in [0.15, 0.2) is 0 Å². The lowest BCUT2D eigenvalue weighted by Gasteiger charge is -2.30. The van der Waals surface area contributed by atoms with Gasteiger partial charge in [-0.3, -0.25) is 10.1 Å². The molecule has 0 heterocycles. The third-order valence-corrected chi connectivity index (χ3v) is 4.95. The molecule has 0 saturated carbocycles. The molecule has 3 N–H and O–H groups in total. The molecule has 0 aromatic heterocycles. The fourth-order valence-corrected chi connectivity index (χ4v) is 3.49. The van der Waals surface area contributed by atoms with Crippen LogP contribution < -0.4 is 10.5 Å². The largest absolute Gasteiger partial charge is 0.383 e. The zero-order valence-corrected chi connectivity index (χ0v) is 12.9. The molecule has 0 spiro atoms. The van der Waals surface area contributed by atoms with E-state index in [1.54, 1.807) is 0 Å². The summed E-state index contributed by atoms with van der Waals surface area (Å²) in [5.74, 6) is 0.249. The van der Waals surface area contributed by atoms with Gasteiger partial charge in [-0.05, 0) is 23.6 Å². The molecular weight excluding hydrogens is 318 g/mol. The maximum absolute atomic E-state index is 11.6. The van der Waals surface area contributed by atoms with Crippen molar-refractivity contribution < 1.29 is 13.3 Å². The molecule has 7 nitrogen and oxygen atoms in total. The lowest BCUT2D eigenvalue weighted by Crippen LogP contribution is -2.25. The summed E-state index contributed by atoms with van der Waals surface area (Å²) >= 11 is 0. The molecule has 1 atom stereocenters. The number of nitrogens with two attached hydrogens (primary N) is 1. The van der Waals surface area contributed by atoms with E-state index in [9.17, 15) is 18.5 Å². The Hall–Kier alpha value is -2.45. The van der Waals surface area contributed by atoms with Gasteiger partial charge < -0.3 is 5.32 Å². The highest BCUT2D eigenvalue weighted by Gasteiger charge is 2.26. The SMILES string of the molecule is NS(=O)(=O)c1ccc([N+](=O)[O-])cc1NC[C@H]1Cc2ccccc21. The number of nitrogens with zero attached hydrogens (tertiary/aromatic N) is 1. The summed E-state index contributed by atoms with van der Waals surface area (Å²) in [4.78, 5) is 10.2. The molecule has 1 aliphatic carbocycles. The van der Waals surface area contributed by atoms with Gasteiger partial charge in [0.05, 0.1) is 10.6 Å². The van der Waals surface area contributed by atoms with Crippen molar-refractivity contribution in [2.75, 3.05) is 11.9 Å². The molecule has 0 aliphatic heterocycles. The topological polar surface area (TPSA) is 115 Å². The molecule has 120 valence electrons. The molecule has 0 saturated heterocycles. The van der Waals surface area contributed by atoms with Crippen molar-refractivity contribution >= 4 is 21.4 Å². The van der Waals surface area contributed by atoms with Crippen molar-refractivity contribution in [1.82, 2.24) is 0 Å². The maximum Gasteiger partial charge on any atom is 0.271 e. The van der Waals surface area contributed by atoms with Crippen LogP contribution in [0.3, 0.4) is 0 Å². The number of rotatable bonds is 5. The normalized spacial score (nSPS) is 16.3. The summed E-state index contributed by atoms with van der Waals surface area (Å²) in [6.45, 7) is 0.487. The number of benzene rings is 2. The molecule has 0 fully saturated rings. The minimum atomic E-state index is -3.96. The smallest absolute Gasteiger partial charge is 0.271 e. The van der Waals surface area contributed by atoms with E-state index >= 15 is 0 Å². The third-order valence-electron chi connectivity index (χ3n) is 3.98. The number of hydrogen-bond acceptors (Lipinski definition) is 5. The average molecular weight is 333 g/mol. The fraction of sp³-hybridized carbons (Fsp3) is 0.200. The molecule has 2 aromatic rings. The molecule has 8 heteroatoms. The van der Waals surface area contributed by atoms with Gasteiger partial charge in [-0.25, -0.2) is 13.6 Å². The van der Waals surface area contributed by atoms with Crippen LogP contribution >= 0.6 is 0 Å². The van der Waals surface area contributed by atoms with Crippen molar-refractivity contribution in [2.45, 2.75) is 17.2 Å². The van der Waals surface area contributed by atoms with Crippen molar-refractivity contribution in [3.8, 4) is 0 Å². The predicted octanol–water partition coefficient (Wildman–Crippen LogP) is 1.99. The van der Waals surface area contributed by atoms with Crippen molar-refractivity contribution in [2.24, 2.45) is 5.14 Å². The van der Waals surface area contributed by atoms with Crippen molar-refractivity contribution in [1.29, 1.82) is 0 Å². The molecule has 1 aliphatic rings. The van der Waals surface area contributed by atoms with Crippen molar-refractivity contribution in [3.05, 3.63) is 63.7 Å². The first-order valence-corrected chi connectivity index (χ1v) is 8.54. The highest BCUT2D eigenvalue weighted by molar-refractivity contribution is 7.89. The van der Waals surface area contributed by atoms with Crippen LogP contribution in [0.4, 0.5) is 11.4 Å². The number of nitro groups is 1. The second-order valence-electron chi connectivity index (χ2n) is 5.46. The number of fused-ring (bicyclic) bond motifs is 1. The van der Waals surface area contributed by atoms with Crippen LogP contribution in [0, 0.1) is 10.1 Å². The molecule has 23 heavy (non-hydrogen) atoms. The number of anilines is 1. The van der Waals surface area contributed by atoms with Gasteiger partial charge >= 0.3 is 0 Å². The van der Waals surface area contributed by atoms with Crippen molar-refractivity contribution in [3.63, 3.8) is 0 Å². The van der Waals surface area contributed by atoms with Crippen LogP contribution in [0.5, 0.6) is 0 Å². The lowest BCUT2D eigenvalue weighted by atomic mass is 9.77. The number of nitrogens with one attached hydrogen (secondary N) is 1. The van der Waals surface area contributed by atoms with E-state index in [4.69, 9.17) is 5.14 Å². The Morgan fingerprint density at radius 3 is 2.65 bits per heavy atom. The Bertz CT molecular complexity index is 880. The Labute approximate surface area is 133 Å². The van der Waals surface area contributed by atoms with E-state index in [0.717, 1.165) is 18.6 Å². The summed E-state index contributed by atoms with van der Waals surface area (Å²) < 4.78 is 23.3. The molecule has 0 unspecified atom stereocenters. The van der Waals surface area contributed by atoms with E-state index in [1.165, 1.54) is 17.2 Å². The second-order valence-corrected chi connectivity index (χ2v) is 6.99. The lowest BCUT2D eigenvalue weighted by molar-refractivity contribution is -0.384. The van der Waals surface area contributed by atoms with E-state index in [1.807, 2.05) is 18.2 Å². The summed E-state index contributed by atoms with van der Waals surface area (Å²) in [7, 11) is -3.96. The van der Waals surface area contributed by atoms with Crippen LogP contribution in [-0.4, -0.2) is 19.9 Å². The van der Waals surface area contributed by atoms with Crippen LogP contribution in [0.15, 0.2) is 47.4 Å². The highest BCUT2D eigenvalue weighted by Crippen LogP contribution is 2.35. The zero-order valence-electron chi connectivity index (χ0n) is 12.1. The quantitative estimate of drug-likeness (QED) is 0.641. The minimum Gasteiger partial charge on any atom is -0.383 e. The summed E-state index contributed by atoms with van der Waals surface area (Å²) in [5, 5.41) is 19.1. The Kier molecular flexibility index (Phi) is 3.78. The summed E-state index contributed by atoms with van der Waals surface area (Å²) in [6, 6.07) is 11.5. The number of non-ortho nitro benzene ring substituents is 1. The Morgan fingerprint density at radius 2 is 2.00 bits per heavy atom. The molecule has 0 bridgehead atoms. The average Bonchev–Trinajstić information content (AvgIpc) is 2.47. The van der Waals surface area contributed by atoms with Gasteiger partial charge in [0, 0.05) is 24.6 Å². The summed E-state index contributed by atoms with van der Waals surface area (Å²) in [6.07, 6.45) is 0.892. The first-order valence-electron chi connectivity index (χ1n) is 6.99. The Balaban J connectivity index is 1.84. The third kappa shape index (κ3) is 3.03. The molecule has 3 rings (SSSR count). The van der Waals surface area contributed by atoms with Gasteiger partial charge in [-0.1, -0.05) is 24.3 Å². The van der Waals surface area contributed by atoms with E-state index in [0.29, 0.717) is 6.54 Å². The van der Waals surface area contributed by atoms with Crippen LogP contribution in [0.2, 0.25) is 0 Å². The number of nitro benzene ring substituents is 1. The monoisotopic (exact) mass is 333 g/mol. The number of hydrogen-bond donors (Lipinski definition) is 2. The van der Waals surface area contributed by atoms with Gasteiger partial charge in [0.2, 0.25) is 10.0 Å². The van der Waals surface area contributed by atoms with E-state index in [2.05, 4.69) is 11.4 Å². The second kappa shape index (κ2) is 5.64. The summed E-state index contributed by atoms with van der Waals surface area (Å²) in [5.41, 5.74) is 2.45. The maximum atomic E-state index is 11.6. The predicted molar refractivity (Wildman–Crippen MR) is 85.8 cm³/mol. The molecule has 0 amide bonds. The van der Waals surface area contributed by atoms with Gasteiger partial charge in [0.1, 0.15) is 4.90 Å². The van der Waals surface area contributed by atoms with Gasteiger partial charge in [-0.2, -0.15) is 0 Å². The number of primary sulfonamides is 1. The van der Waals surface area contributed by atoms with Crippen LogP contribution in [0.1, 0.15) is 17.0 Å². The molecule has 2 aromatic carbocycles.